The minimum absolute atomic E-state index is 0.00876. The van der Waals surface area contributed by atoms with Gasteiger partial charge in [-0.15, -0.1) is 10.1 Å². The number of carbonyl (C=O) groups is 1. The summed E-state index contributed by atoms with van der Waals surface area (Å²) in [5.74, 6) is -0.549. The summed E-state index contributed by atoms with van der Waals surface area (Å²) in [4.78, 5) is 25.8. The number of aromatic hydroxyl groups is 1. The SMILES string of the molecule is CC(C)(C)NCC(O)Cc1ccc(O)c(COC(=O)CCCO[N+](=O)[O-])c1. The number of β-amino-alcohol motifs (C(OH)–C–C–N with tert-alkyl or cyclic N) is 1. The number of carbonyl (C=O) groups excluding carboxylic acids is 1. The standard InChI is InChI=1S/C18H28N2O7/c1-18(2,3)19-11-15(21)10-13-6-7-16(22)14(9-13)12-26-17(23)5-4-8-27-20(24)25/h6-7,9,15,19,21-22H,4-5,8,10-12H2,1-3H3. The van der Waals surface area contributed by atoms with Crippen LogP contribution in [0, 0.1) is 10.1 Å². The quantitative estimate of drug-likeness (QED) is 0.227. The number of nitrogens with one attached hydrogen (secondary N) is 1. The summed E-state index contributed by atoms with van der Waals surface area (Å²) >= 11 is 0. The van der Waals surface area contributed by atoms with Crippen molar-refractivity contribution in [2.45, 2.75) is 58.3 Å². The molecule has 9 nitrogen and oxygen atoms in total. The average molecular weight is 384 g/mol. The second-order valence-corrected chi connectivity index (χ2v) is 7.27. The van der Waals surface area contributed by atoms with E-state index in [4.69, 9.17) is 4.74 Å². The first-order valence-corrected chi connectivity index (χ1v) is 8.73. The van der Waals surface area contributed by atoms with Crippen molar-refractivity contribution in [2.24, 2.45) is 0 Å². The van der Waals surface area contributed by atoms with Gasteiger partial charge in [0, 0.05) is 24.1 Å². The topological polar surface area (TPSA) is 131 Å². The monoisotopic (exact) mass is 384 g/mol. The molecule has 0 fully saturated rings. The van der Waals surface area contributed by atoms with Crippen LogP contribution in [0.1, 0.15) is 44.7 Å². The summed E-state index contributed by atoms with van der Waals surface area (Å²) in [5, 5.41) is 32.3. The van der Waals surface area contributed by atoms with Crippen molar-refractivity contribution in [1.82, 2.24) is 5.32 Å². The molecule has 0 saturated heterocycles. The van der Waals surface area contributed by atoms with E-state index in [1.807, 2.05) is 20.8 Å². The lowest BCUT2D eigenvalue weighted by atomic mass is 10.0. The van der Waals surface area contributed by atoms with Crippen molar-refractivity contribution in [3.8, 4) is 5.75 Å². The maximum absolute atomic E-state index is 11.6. The molecule has 0 bridgehead atoms. The highest BCUT2D eigenvalue weighted by atomic mass is 16.9. The van der Waals surface area contributed by atoms with Crippen molar-refractivity contribution in [1.29, 1.82) is 0 Å². The Balaban J connectivity index is 2.48. The molecule has 3 N–H and O–H groups in total. The van der Waals surface area contributed by atoms with E-state index in [2.05, 4.69) is 10.2 Å². The molecule has 0 spiro atoms. The molecule has 1 aromatic carbocycles. The van der Waals surface area contributed by atoms with Crippen molar-refractivity contribution in [3.63, 3.8) is 0 Å². The minimum Gasteiger partial charge on any atom is -0.508 e. The van der Waals surface area contributed by atoms with Crippen molar-refractivity contribution < 1.29 is 29.7 Å². The van der Waals surface area contributed by atoms with Gasteiger partial charge in [0.15, 0.2) is 0 Å². The van der Waals surface area contributed by atoms with Crippen molar-refractivity contribution >= 4 is 5.97 Å². The van der Waals surface area contributed by atoms with Gasteiger partial charge in [0.25, 0.3) is 5.09 Å². The molecule has 0 aliphatic heterocycles. The van der Waals surface area contributed by atoms with Gasteiger partial charge in [-0.25, -0.2) is 0 Å². The van der Waals surface area contributed by atoms with E-state index < -0.39 is 17.2 Å². The fraction of sp³-hybridized carbons (Fsp3) is 0.611. The van der Waals surface area contributed by atoms with Gasteiger partial charge in [-0.05, 0) is 51.3 Å². The summed E-state index contributed by atoms with van der Waals surface area (Å²) in [6.07, 6.45) is -0.0573. The lowest BCUT2D eigenvalue weighted by Crippen LogP contribution is -2.41. The molecule has 0 amide bonds. The summed E-state index contributed by atoms with van der Waals surface area (Å²) in [7, 11) is 0. The van der Waals surface area contributed by atoms with Crippen molar-refractivity contribution in [3.05, 3.63) is 39.4 Å². The van der Waals surface area contributed by atoms with Crippen LogP contribution in [-0.2, 0) is 27.4 Å². The number of phenolic OH excluding ortho intramolecular Hbond substituents is 1. The first-order chi connectivity index (χ1) is 12.6. The van der Waals surface area contributed by atoms with E-state index in [9.17, 15) is 25.1 Å². The third-order valence-corrected chi connectivity index (χ3v) is 3.59. The van der Waals surface area contributed by atoms with Crippen LogP contribution in [0.5, 0.6) is 5.75 Å². The molecule has 0 aliphatic rings. The molecule has 9 heteroatoms. The van der Waals surface area contributed by atoms with Gasteiger partial charge in [-0.1, -0.05) is 6.07 Å². The van der Waals surface area contributed by atoms with E-state index in [1.165, 1.54) is 6.07 Å². The van der Waals surface area contributed by atoms with Crippen LogP contribution in [0.15, 0.2) is 18.2 Å². The molecule has 1 atom stereocenters. The number of hydrogen-bond acceptors (Lipinski definition) is 8. The van der Waals surface area contributed by atoms with Crippen LogP contribution in [0.2, 0.25) is 0 Å². The van der Waals surface area contributed by atoms with Gasteiger partial charge in [0.1, 0.15) is 12.4 Å². The third kappa shape index (κ3) is 10.4. The lowest BCUT2D eigenvalue weighted by molar-refractivity contribution is -0.757. The molecule has 0 aromatic heterocycles. The Morgan fingerprint density at radius 1 is 1.37 bits per heavy atom. The van der Waals surface area contributed by atoms with Gasteiger partial charge in [-0.3, -0.25) is 4.79 Å². The number of phenols is 1. The third-order valence-electron chi connectivity index (χ3n) is 3.59. The molecule has 0 saturated carbocycles. The number of hydrogen-bond donors (Lipinski definition) is 3. The number of aliphatic hydroxyl groups excluding tert-OH is 1. The predicted octanol–water partition coefficient (Wildman–Crippen LogP) is 1.72. The van der Waals surface area contributed by atoms with Gasteiger partial charge in [0.2, 0.25) is 0 Å². The Hall–Kier alpha value is -2.39. The van der Waals surface area contributed by atoms with E-state index in [0.29, 0.717) is 18.5 Å². The first-order valence-electron chi connectivity index (χ1n) is 8.73. The molecule has 0 heterocycles. The Morgan fingerprint density at radius 3 is 2.70 bits per heavy atom. The fourth-order valence-corrected chi connectivity index (χ4v) is 2.24. The van der Waals surface area contributed by atoms with Crippen molar-refractivity contribution in [2.75, 3.05) is 13.2 Å². The number of esters is 1. The molecule has 0 radical (unpaired) electrons. The van der Waals surface area contributed by atoms with E-state index in [1.54, 1.807) is 12.1 Å². The highest BCUT2D eigenvalue weighted by molar-refractivity contribution is 5.69. The molecular weight excluding hydrogens is 356 g/mol. The lowest BCUT2D eigenvalue weighted by Gasteiger charge is -2.23. The van der Waals surface area contributed by atoms with E-state index in [0.717, 1.165) is 5.56 Å². The van der Waals surface area contributed by atoms with Gasteiger partial charge in [0.05, 0.1) is 12.7 Å². The number of nitrogens with zero attached hydrogens (tertiary/aromatic N) is 1. The van der Waals surface area contributed by atoms with Crippen LogP contribution in [0.4, 0.5) is 0 Å². The zero-order valence-corrected chi connectivity index (χ0v) is 15.9. The first kappa shape index (κ1) is 22.7. The number of benzene rings is 1. The zero-order valence-electron chi connectivity index (χ0n) is 15.9. The Bertz CT molecular complexity index is 629. The van der Waals surface area contributed by atoms with Gasteiger partial charge < -0.3 is 25.1 Å². The second kappa shape index (κ2) is 10.7. The summed E-state index contributed by atoms with van der Waals surface area (Å²) in [5.41, 5.74) is 1.14. The Labute approximate surface area is 158 Å². The average Bonchev–Trinajstić information content (AvgIpc) is 2.56. The molecule has 1 unspecified atom stereocenters. The fourth-order valence-electron chi connectivity index (χ4n) is 2.24. The predicted molar refractivity (Wildman–Crippen MR) is 97.5 cm³/mol. The molecule has 27 heavy (non-hydrogen) atoms. The van der Waals surface area contributed by atoms with Crippen LogP contribution < -0.4 is 5.32 Å². The number of ether oxygens (including phenoxy) is 1. The minimum atomic E-state index is -0.916. The highest BCUT2D eigenvalue weighted by Gasteiger charge is 2.14. The van der Waals surface area contributed by atoms with Gasteiger partial charge >= 0.3 is 5.97 Å². The van der Waals surface area contributed by atoms with Crippen LogP contribution in [-0.4, -0.2) is 46.1 Å². The van der Waals surface area contributed by atoms with Gasteiger partial charge in [-0.2, -0.15) is 0 Å². The second-order valence-electron chi connectivity index (χ2n) is 7.27. The Kier molecular flexibility index (Phi) is 8.96. The van der Waals surface area contributed by atoms with E-state index >= 15 is 0 Å². The molecule has 1 rings (SSSR count). The largest absolute Gasteiger partial charge is 0.508 e. The Morgan fingerprint density at radius 2 is 2.07 bits per heavy atom. The normalized spacial score (nSPS) is 12.4. The molecular formula is C18H28N2O7. The van der Waals surface area contributed by atoms with Crippen LogP contribution in [0.3, 0.4) is 0 Å². The van der Waals surface area contributed by atoms with Crippen LogP contribution >= 0.6 is 0 Å². The van der Waals surface area contributed by atoms with E-state index in [-0.39, 0.29) is 37.3 Å². The molecule has 1 aromatic rings. The molecule has 152 valence electrons. The smallest absolute Gasteiger partial charge is 0.306 e. The number of rotatable bonds is 11. The molecule has 0 aliphatic carbocycles. The van der Waals surface area contributed by atoms with Crippen LogP contribution in [0.25, 0.3) is 0 Å². The number of aliphatic hydroxyl groups is 1. The maximum atomic E-state index is 11.6. The zero-order chi connectivity index (χ0) is 20.4. The summed E-state index contributed by atoms with van der Waals surface area (Å²) < 4.78 is 5.07. The highest BCUT2D eigenvalue weighted by Crippen LogP contribution is 2.20. The summed E-state index contributed by atoms with van der Waals surface area (Å²) in [6, 6.07) is 4.88. The summed E-state index contributed by atoms with van der Waals surface area (Å²) in [6.45, 7) is 6.16. The maximum Gasteiger partial charge on any atom is 0.306 e.